The number of hydrogen-bond donors (Lipinski definition) is 1. The Bertz CT molecular complexity index is 923. The number of aromatic amines is 1. The Morgan fingerprint density at radius 2 is 1.92 bits per heavy atom. The quantitative estimate of drug-likeness (QED) is 0.801. The van der Waals surface area contributed by atoms with Crippen molar-refractivity contribution in [1.82, 2.24) is 15.1 Å². The molecule has 1 N–H and O–H groups in total. The summed E-state index contributed by atoms with van der Waals surface area (Å²) in [5.74, 6) is 0.0590. The van der Waals surface area contributed by atoms with Gasteiger partial charge in [-0.3, -0.25) is 9.89 Å². The number of nitrogens with zero attached hydrogens (tertiary/aromatic N) is 2. The fraction of sp³-hybridized carbons (Fsp3) is 0.200. The lowest BCUT2D eigenvalue weighted by Gasteiger charge is -2.26. The summed E-state index contributed by atoms with van der Waals surface area (Å²) in [5, 5.41) is 8.45. The van der Waals surface area contributed by atoms with E-state index in [0.29, 0.717) is 31.9 Å². The minimum atomic E-state index is 0.0590. The van der Waals surface area contributed by atoms with E-state index in [4.69, 9.17) is 4.74 Å². The molecule has 2 aromatic carbocycles. The molecular formula is C20H19N3O2. The molecular weight excluding hydrogens is 314 g/mol. The van der Waals surface area contributed by atoms with E-state index < -0.39 is 0 Å². The Labute approximate surface area is 145 Å². The van der Waals surface area contributed by atoms with Crippen molar-refractivity contribution in [2.45, 2.75) is 0 Å². The minimum absolute atomic E-state index is 0.0590. The predicted molar refractivity (Wildman–Crippen MR) is 98.2 cm³/mol. The van der Waals surface area contributed by atoms with Crippen molar-refractivity contribution in [2.24, 2.45) is 0 Å². The third kappa shape index (κ3) is 3.32. The monoisotopic (exact) mass is 333 g/mol. The lowest BCUT2D eigenvalue weighted by molar-refractivity contribution is 0.0303. The molecule has 4 rings (SSSR count). The van der Waals surface area contributed by atoms with Crippen LogP contribution < -0.4 is 0 Å². The number of amides is 1. The summed E-state index contributed by atoms with van der Waals surface area (Å²) in [6.07, 6.45) is 3.95. The summed E-state index contributed by atoms with van der Waals surface area (Å²) >= 11 is 0. The number of para-hydroxylation sites is 1. The van der Waals surface area contributed by atoms with Gasteiger partial charge in [-0.1, -0.05) is 36.4 Å². The number of nitrogens with one attached hydrogen (secondary N) is 1. The van der Waals surface area contributed by atoms with Crippen molar-refractivity contribution in [1.29, 1.82) is 0 Å². The summed E-state index contributed by atoms with van der Waals surface area (Å²) in [4.78, 5) is 14.4. The molecule has 2 heterocycles. The van der Waals surface area contributed by atoms with Gasteiger partial charge in [0.2, 0.25) is 0 Å². The maximum Gasteiger partial charge on any atom is 0.254 e. The second-order valence-electron chi connectivity index (χ2n) is 6.02. The highest BCUT2D eigenvalue weighted by molar-refractivity contribution is 5.95. The van der Waals surface area contributed by atoms with Gasteiger partial charge in [-0.2, -0.15) is 5.10 Å². The van der Waals surface area contributed by atoms with E-state index in [1.54, 1.807) is 0 Å². The van der Waals surface area contributed by atoms with Crippen LogP contribution in [0, 0.1) is 0 Å². The molecule has 0 bridgehead atoms. The van der Waals surface area contributed by atoms with E-state index in [9.17, 15) is 4.79 Å². The lowest BCUT2D eigenvalue weighted by atomic mass is 10.1. The summed E-state index contributed by atoms with van der Waals surface area (Å²) in [6, 6.07) is 15.7. The average Bonchev–Trinajstić information content (AvgIpc) is 3.10. The summed E-state index contributed by atoms with van der Waals surface area (Å²) in [6.45, 7) is 2.52. The highest BCUT2D eigenvalue weighted by atomic mass is 16.5. The average molecular weight is 333 g/mol. The van der Waals surface area contributed by atoms with Crippen LogP contribution in [0.5, 0.6) is 0 Å². The molecule has 0 radical (unpaired) electrons. The molecule has 1 aliphatic rings. The summed E-state index contributed by atoms with van der Waals surface area (Å²) in [7, 11) is 0. The van der Waals surface area contributed by atoms with Crippen LogP contribution in [0.2, 0.25) is 0 Å². The number of carbonyl (C=O) groups is 1. The van der Waals surface area contributed by atoms with Gasteiger partial charge in [0.25, 0.3) is 5.91 Å². The van der Waals surface area contributed by atoms with Gasteiger partial charge in [0, 0.05) is 24.0 Å². The number of rotatable bonds is 3. The highest BCUT2D eigenvalue weighted by Crippen LogP contribution is 2.18. The first-order valence-corrected chi connectivity index (χ1v) is 8.39. The van der Waals surface area contributed by atoms with Crippen molar-refractivity contribution in [3.63, 3.8) is 0 Å². The molecule has 0 spiro atoms. The van der Waals surface area contributed by atoms with Crippen LogP contribution in [-0.2, 0) is 4.74 Å². The molecule has 1 aliphatic heterocycles. The minimum Gasteiger partial charge on any atom is -0.378 e. The number of carbonyl (C=O) groups excluding carboxylic acids is 1. The maximum atomic E-state index is 12.6. The van der Waals surface area contributed by atoms with E-state index in [2.05, 4.69) is 10.2 Å². The number of aromatic nitrogens is 2. The molecule has 1 amide bonds. The molecule has 1 fully saturated rings. The zero-order chi connectivity index (χ0) is 17.1. The van der Waals surface area contributed by atoms with Crippen molar-refractivity contribution in [2.75, 3.05) is 26.3 Å². The molecule has 0 atom stereocenters. The molecule has 1 saturated heterocycles. The van der Waals surface area contributed by atoms with E-state index in [1.807, 2.05) is 65.6 Å². The first-order chi connectivity index (χ1) is 12.3. The highest BCUT2D eigenvalue weighted by Gasteiger charge is 2.18. The van der Waals surface area contributed by atoms with E-state index >= 15 is 0 Å². The first kappa shape index (κ1) is 15.6. The molecule has 126 valence electrons. The number of fused-ring (bicyclic) bond motifs is 1. The Balaban J connectivity index is 1.56. The van der Waals surface area contributed by atoms with Crippen LogP contribution in [-0.4, -0.2) is 47.3 Å². The van der Waals surface area contributed by atoms with Crippen LogP contribution in [0.25, 0.3) is 23.1 Å². The third-order valence-corrected chi connectivity index (χ3v) is 4.37. The van der Waals surface area contributed by atoms with Gasteiger partial charge in [-0.25, -0.2) is 0 Å². The molecule has 0 aliphatic carbocycles. The molecule has 5 nitrogen and oxygen atoms in total. The van der Waals surface area contributed by atoms with Gasteiger partial charge in [-0.05, 0) is 29.8 Å². The second-order valence-corrected chi connectivity index (χ2v) is 6.02. The van der Waals surface area contributed by atoms with E-state index in [1.165, 1.54) is 0 Å². The van der Waals surface area contributed by atoms with Gasteiger partial charge >= 0.3 is 0 Å². The summed E-state index contributed by atoms with van der Waals surface area (Å²) < 4.78 is 5.31. The largest absolute Gasteiger partial charge is 0.378 e. The number of hydrogen-bond acceptors (Lipinski definition) is 3. The Morgan fingerprint density at radius 1 is 1.08 bits per heavy atom. The first-order valence-electron chi connectivity index (χ1n) is 8.39. The fourth-order valence-electron chi connectivity index (χ4n) is 3.01. The van der Waals surface area contributed by atoms with Gasteiger partial charge < -0.3 is 9.64 Å². The maximum absolute atomic E-state index is 12.6. The zero-order valence-corrected chi connectivity index (χ0v) is 13.8. The Morgan fingerprint density at radius 3 is 2.80 bits per heavy atom. The number of H-pyrrole nitrogens is 1. The topological polar surface area (TPSA) is 58.2 Å². The van der Waals surface area contributed by atoms with Gasteiger partial charge in [0.15, 0.2) is 0 Å². The van der Waals surface area contributed by atoms with Crippen LogP contribution in [0.15, 0.2) is 48.5 Å². The van der Waals surface area contributed by atoms with Crippen LogP contribution in [0.1, 0.15) is 21.6 Å². The number of benzene rings is 2. The predicted octanol–water partition coefficient (Wildman–Crippen LogP) is 3.21. The van der Waals surface area contributed by atoms with Crippen molar-refractivity contribution in [3.8, 4) is 0 Å². The fourth-order valence-corrected chi connectivity index (χ4v) is 3.01. The van der Waals surface area contributed by atoms with Gasteiger partial charge in [-0.15, -0.1) is 0 Å². The second kappa shape index (κ2) is 6.91. The standard InChI is InChI=1S/C20H19N3O2/c24-20(23-10-12-25-13-11-23)16-5-3-4-15(14-16)8-9-19-17-6-1-2-7-18(17)21-22-19/h1-9,14H,10-13H2,(H,21,22)/b9-8+. The van der Waals surface area contributed by atoms with Gasteiger partial charge in [0.1, 0.15) is 0 Å². The normalized spacial score (nSPS) is 15.1. The molecule has 0 unspecified atom stereocenters. The van der Waals surface area contributed by atoms with Crippen LogP contribution in [0.3, 0.4) is 0 Å². The SMILES string of the molecule is O=C(c1cccc(/C=C/c2n[nH]c3ccccc23)c1)N1CCOCC1. The van der Waals surface area contributed by atoms with Crippen molar-refractivity contribution >= 4 is 29.0 Å². The molecule has 3 aromatic rings. The van der Waals surface area contributed by atoms with Crippen molar-refractivity contribution in [3.05, 3.63) is 65.4 Å². The number of morpholine rings is 1. The molecule has 25 heavy (non-hydrogen) atoms. The summed E-state index contributed by atoms with van der Waals surface area (Å²) in [5.41, 5.74) is 3.58. The molecule has 5 heteroatoms. The zero-order valence-electron chi connectivity index (χ0n) is 13.8. The third-order valence-electron chi connectivity index (χ3n) is 4.37. The smallest absolute Gasteiger partial charge is 0.254 e. The van der Waals surface area contributed by atoms with Crippen molar-refractivity contribution < 1.29 is 9.53 Å². The molecule has 0 saturated carbocycles. The number of ether oxygens (including phenoxy) is 1. The Kier molecular flexibility index (Phi) is 4.31. The van der Waals surface area contributed by atoms with Crippen LogP contribution in [0.4, 0.5) is 0 Å². The Hall–Kier alpha value is -2.92. The van der Waals surface area contributed by atoms with E-state index in [-0.39, 0.29) is 5.91 Å². The van der Waals surface area contributed by atoms with Crippen LogP contribution >= 0.6 is 0 Å². The molecule has 1 aromatic heterocycles. The van der Waals surface area contributed by atoms with E-state index in [0.717, 1.165) is 22.2 Å². The lowest BCUT2D eigenvalue weighted by Crippen LogP contribution is -2.40. The van der Waals surface area contributed by atoms with Gasteiger partial charge in [0.05, 0.1) is 24.4 Å².